The van der Waals surface area contributed by atoms with Crippen LogP contribution in [0.15, 0.2) is 42.6 Å². The van der Waals surface area contributed by atoms with Crippen molar-refractivity contribution >= 4 is 5.78 Å². The lowest BCUT2D eigenvalue weighted by Crippen LogP contribution is -2.08. The third-order valence-corrected chi connectivity index (χ3v) is 2.85. The highest BCUT2D eigenvalue weighted by Gasteiger charge is 2.30. The van der Waals surface area contributed by atoms with Crippen molar-refractivity contribution in [1.29, 1.82) is 0 Å². The van der Waals surface area contributed by atoms with Crippen molar-refractivity contribution < 1.29 is 18.0 Å². The van der Waals surface area contributed by atoms with Gasteiger partial charge >= 0.3 is 6.18 Å². The second kappa shape index (κ2) is 5.45. The molecule has 0 aliphatic rings. The number of hydrogen-bond acceptors (Lipinski definition) is 2. The number of carbonyl (C=O) groups excluding carboxylic acids is 1. The first kappa shape index (κ1) is 14.2. The molecule has 0 bridgehead atoms. The van der Waals surface area contributed by atoms with Crippen molar-refractivity contribution in [2.24, 2.45) is 0 Å². The van der Waals surface area contributed by atoms with E-state index in [4.69, 9.17) is 0 Å². The molecule has 0 unspecified atom stereocenters. The van der Waals surface area contributed by atoms with Gasteiger partial charge in [-0.05, 0) is 30.7 Å². The minimum atomic E-state index is -4.39. The molecule has 0 radical (unpaired) electrons. The topological polar surface area (TPSA) is 30.0 Å². The van der Waals surface area contributed by atoms with E-state index in [0.717, 1.165) is 17.7 Å². The number of hydrogen-bond donors (Lipinski definition) is 0. The van der Waals surface area contributed by atoms with E-state index in [-0.39, 0.29) is 17.8 Å². The maximum atomic E-state index is 12.4. The van der Waals surface area contributed by atoms with Crippen LogP contribution in [-0.2, 0) is 12.6 Å². The Morgan fingerprint density at radius 1 is 1.10 bits per heavy atom. The zero-order chi connectivity index (χ0) is 14.8. The van der Waals surface area contributed by atoms with Gasteiger partial charge in [0, 0.05) is 17.5 Å². The fourth-order valence-electron chi connectivity index (χ4n) is 1.71. The van der Waals surface area contributed by atoms with Gasteiger partial charge in [-0.2, -0.15) is 13.2 Å². The Hall–Kier alpha value is -2.17. The largest absolute Gasteiger partial charge is 0.416 e. The van der Waals surface area contributed by atoms with E-state index in [1.807, 2.05) is 13.0 Å². The van der Waals surface area contributed by atoms with Crippen molar-refractivity contribution in [3.05, 3.63) is 65.0 Å². The molecule has 0 fully saturated rings. The number of halogens is 3. The molecule has 0 N–H and O–H groups in total. The highest BCUT2D eigenvalue weighted by Crippen LogP contribution is 2.29. The molecule has 1 aromatic heterocycles. The van der Waals surface area contributed by atoms with Crippen LogP contribution in [0, 0.1) is 6.92 Å². The first-order chi connectivity index (χ1) is 9.36. The summed E-state index contributed by atoms with van der Waals surface area (Å²) in [5, 5.41) is 0. The monoisotopic (exact) mass is 279 g/mol. The van der Waals surface area contributed by atoms with Gasteiger partial charge in [-0.3, -0.25) is 9.78 Å². The molecular weight excluding hydrogens is 267 g/mol. The van der Waals surface area contributed by atoms with Gasteiger partial charge in [0.1, 0.15) is 0 Å². The van der Waals surface area contributed by atoms with Crippen LogP contribution in [0.2, 0.25) is 0 Å². The van der Waals surface area contributed by atoms with Gasteiger partial charge in [-0.1, -0.05) is 18.2 Å². The molecule has 2 rings (SSSR count). The zero-order valence-electron chi connectivity index (χ0n) is 10.7. The first-order valence-electron chi connectivity index (χ1n) is 5.98. The minimum Gasteiger partial charge on any atom is -0.294 e. The van der Waals surface area contributed by atoms with E-state index in [0.29, 0.717) is 5.69 Å². The molecule has 104 valence electrons. The molecule has 0 saturated heterocycles. The normalized spacial score (nSPS) is 11.4. The fraction of sp³-hybridized carbons (Fsp3) is 0.200. The number of ketones is 1. The molecular formula is C15H12F3NO. The van der Waals surface area contributed by atoms with Crippen LogP contribution in [-0.4, -0.2) is 10.8 Å². The van der Waals surface area contributed by atoms with Crippen molar-refractivity contribution in [3.8, 4) is 0 Å². The Balaban J connectivity index is 2.11. The molecule has 5 heteroatoms. The second-order valence-electron chi connectivity index (χ2n) is 4.50. The lowest BCUT2D eigenvalue weighted by atomic mass is 10.0. The number of pyridine rings is 1. The van der Waals surface area contributed by atoms with E-state index in [1.54, 1.807) is 12.3 Å². The Kier molecular flexibility index (Phi) is 3.88. The van der Waals surface area contributed by atoms with Gasteiger partial charge in [0.15, 0.2) is 5.78 Å². The summed E-state index contributed by atoms with van der Waals surface area (Å²) in [5.74, 6) is -0.255. The van der Waals surface area contributed by atoms with Crippen LogP contribution in [0.4, 0.5) is 13.2 Å². The quantitative estimate of drug-likeness (QED) is 0.799. The van der Waals surface area contributed by atoms with Crippen LogP contribution in [0.1, 0.15) is 27.2 Å². The molecule has 2 nitrogen and oxygen atoms in total. The lowest BCUT2D eigenvalue weighted by Gasteiger charge is -2.07. The summed E-state index contributed by atoms with van der Waals surface area (Å²) in [6.07, 6.45) is -2.67. The van der Waals surface area contributed by atoms with Gasteiger partial charge < -0.3 is 0 Å². The Bertz CT molecular complexity index is 601. The average molecular weight is 279 g/mol. The summed E-state index contributed by atoms with van der Waals surface area (Å²) in [4.78, 5) is 16.0. The van der Waals surface area contributed by atoms with Gasteiger partial charge in [0.05, 0.1) is 12.0 Å². The summed E-state index contributed by atoms with van der Waals surface area (Å²) >= 11 is 0. The first-order valence-corrected chi connectivity index (χ1v) is 5.98. The summed E-state index contributed by atoms with van der Waals surface area (Å²) < 4.78 is 37.2. The van der Waals surface area contributed by atoms with E-state index in [2.05, 4.69) is 4.98 Å². The van der Waals surface area contributed by atoms with Gasteiger partial charge in [-0.25, -0.2) is 0 Å². The highest BCUT2D eigenvalue weighted by molar-refractivity contribution is 5.97. The summed E-state index contributed by atoms with van der Waals surface area (Å²) in [7, 11) is 0. The molecule has 0 aliphatic carbocycles. The minimum absolute atomic E-state index is 0.0750. The van der Waals surface area contributed by atoms with Crippen LogP contribution < -0.4 is 0 Å². The predicted molar refractivity (Wildman–Crippen MR) is 68.5 cm³/mol. The van der Waals surface area contributed by atoms with Crippen molar-refractivity contribution in [1.82, 2.24) is 4.98 Å². The number of aryl methyl sites for hydroxylation is 1. The maximum absolute atomic E-state index is 12.4. The number of carbonyl (C=O) groups is 1. The molecule has 20 heavy (non-hydrogen) atoms. The molecule has 0 saturated carbocycles. The number of rotatable bonds is 3. The molecule has 0 atom stereocenters. The Morgan fingerprint density at radius 3 is 2.25 bits per heavy atom. The van der Waals surface area contributed by atoms with Crippen LogP contribution in [0.25, 0.3) is 0 Å². The summed E-state index contributed by atoms with van der Waals surface area (Å²) in [5.41, 5.74) is 1.07. The second-order valence-corrected chi connectivity index (χ2v) is 4.50. The molecule has 0 spiro atoms. The number of benzene rings is 1. The van der Waals surface area contributed by atoms with Crippen molar-refractivity contribution in [2.45, 2.75) is 19.5 Å². The Labute approximate surface area is 114 Å². The fourth-order valence-corrected chi connectivity index (χ4v) is 1.71. The Morgan fingerprint density at radius 2 is 1.75 bits per heavy atom. The van der Waals surface area contributed by atoms with Crippen molar-refractivity contribution in [3.63, 3.8) is 0 Å². The third-order valence-electron chi connectivity index (χ3n) is 2.85. The number of Topliss-reactive ketones (excluding diaryl/α,β-unsaturated/α-hetero) is 1. The zero-order valence-corrected chi connectivity index (χ0v) is 10.7. The number of nitrogens with zero attached hydrogens (tertiary/aromatic N) is 1. The molecule has 2 aromatic rings. The van der Waals surface area contributed by atoms with E-state index >= 15 is 0 Å². The van der Waals surface area contributed by atoms with E-state index < -0.39 is 11.7 Å². The molecule has 0 aliphatic heterocycles. The van der Waals surface area contributed by atoms with Gasteiger partial charge in [-0.15, -0.1) is 0 Å². The molecule has 1 aromatic carbocycles. The number of aromatic nitrogens is 1. The van der Waals surface area contributed by atoms with Gasteiger partial charge in [0.25, 0.3) is 0 Å². The predicted octanol–water partition coefficient (Wildman–Crippen LogP) is 3.83. The SMILES string of the molecule is Cc1ccc(CC(=O)c2ccc(C(F)(F)F)cc2)nc1. The van der Waals surface area contributed by atoms with E-state index in [9.17, 15) is 18.0 Å². The summed E-state index contributed by atoms with van der Waals surface area (Å²) in [6, 6.07) is 7.78. The summed E-state index contributed by atoms with van der Waals surface area (Å²) in [6.45, 7) is 1.88. The lowest BCUT2D eigenvalue weighted by molar-refractivity contribution is -0.137. The van der Waals surface area contributed by atoms with Crippen LogP contribution in [0.3, 0.4) is 0 Å². The van der Waals surface area contributed by atoms with Crippen molar-refractivity contribution in [2.75, 3.05) is 0 Å². The van der Waals surface area contributed by atoms with Crippen LogP contribution >= 0.6 is 0 Å². The standard InChI is InChI=1S/C15H12F3NO/c1-10-2-7-13(19-9-10)8-14(20)11-3-5-12(6-4-11)15(16,17)18/h2-7,9H,8H2,1H3. The van der Waals surface area contributed by atoms with Crippen LogP contribution in [0.5, 0.6) is 0 Å². The maximum Gasteiger partial charge on any atom is 0.416 e. The third kappa shape index (κ3) is 3.44. The smallest absolute Gasteiger partial charge is 0.294 e. The highest BCUT2D eigenvalue weighted by atomic mass is 19.4. The number of alkyl halides is 3. The molecule has 0 amide bonds. The molecule has 1 heterocycles. The van der Waals surface area contributed by atoms with E-state index in [1.165, 1.54) is 12.1 Å². The van der Waals surface area contributed by atoms with Gasteiger partial charge in [0.2, 0.25) is 0 Å². The average Bonchev–Trinajstić information content (AvgIpc) is 2.40.